The lowest BCUT2D eigenvalue weighted by atomic mass is 10.1. The van der Waals surface area contributed by atoms with Gasteiger partial charge in [0.1, 0.15) is 5.82 Å². The molecule has 1 aliphatic heterocycles. The summed E-state index contributed by atoms with van der Waals surface area (Å²) in [7, 11) is 0. The Kier molecular flexibility index (Phi) is 5.48. The number of rotatable bonds is 8. The number of fused-ring (bicyclic) bond motifs is 1. The zero-order chi connectivity index (χ0) is 16.1. The van der Waals surface area contributed by atoms with Crippen molar-refractivity contribution in [1.29, 1.82) is 0 Å². The van der Waals surface area contributed by atoms with E-state index in [1.165, 1.54) is 12.8 Å². The zero-order valence-corrected chi connectivity index (χ0v) is 13.9. The van der Waals surface area contributed by atoms with Gasteiger partial charge in [0.2, 0.25) is 0 Å². The minimum atomic E-state index is -0.133. The van der Waals surface area contributed by atoms with Crippen molar-refractivity contribution in [3.05, 3.63) is 11.6 Å². The molecule has 1 saturated carbocycles. The summed E-state index contributed by atoms with van der Waals surface area (Å²) in [6, 6.07) is -0.172. The van der Waals surface area contributed by atoms with E-state index >= 15 is 0 Å². The van der Waals surface area contributed by atoms with E-state index in [0.717, 1.165) is 56.4 Å². The van der Waals surface area contributed by atoms with Crippen LogP contribution in [-0.2, 0) is 17.7 Å². The maximum absolute atomic E-state index is 12.0. The van der Waals surface area contributed by atoms with Crippen LogP contribution < -0.4 is 10.6 Å². The van der Waals surface area contributed by atoms with Gasteiger partial charge in [-0.25, -0.2) is 14.5 Å². The molecule has 0 radical (unpaired) electrons. The molecule has 7 nitrogen and oxygen atoms in total. The maximum atomic E-state index is 12.0. The quantitative estimate of drug-likeness (QED) is 0.715. The van der Waals surface area contributed by atoms with Crippen molar-refractivity contribution in [2.45, 2.75) is 58.0 Å². The van der Waals surface area contributed by atoms with Crippen LogP contribution in [0.15, 0.2) is 0 Å². The molecule has 0 spiro atoms. The average Bonchev–Trinajstić information content (AvgIpc) is 3.27. The Balaban J connectivity index is 1.37. The highest BCUT2D eigenvalue weighted by Crippen LogP contribution is 2.28. The maximum Gasteiger partial charge on any atom is 0.315 e. The second-order valence-electron chi connectivity index (χ2n) is 6.43. The van der Waals surface area contributed by atoms with E-state index < -0.39 is 0 Å². The van der Waals surface area contributed by atoms with Crippen molar-refractivity contribution in [3.63, 3.8) is 0 Å². The third-order valence-corrected chi connectivity index (χ3v) is 4.34. The number of carbonyl (C=O) groups excluding carboxylic acids is 1. The van der Waals surface area contributed by atoms with Crippen LogP contribution in [0.1, 0.15) is 56.7 Å². The Morgan fingerprint density at radius 3 is 3.04 bits per heavy atom. The SMILES string of the molecule is CCc1nc2n(n1)CCCC2NC(=O)NCCCOCC1CC1. The first-order chi connectivity index (χ1) is 11.3. The van der Waals surface area contributed by atoms with Gasteiger partial charge in [-0.05, 0) is 38.0 Å². The molecule has 2 N–H and O–H groups in total. The lowest BCUT2D eigenvalue weighted by Gasteiger charge is -2.23. The van der Waals surface area contributed by atoms with Gasteiger partial charge in [-0.15, -0.1) is 0 Å². The number of ether oxygens (including phenoxy) is 1. The predicted octanol–water partition coefficient (Wildman–Crippen LogP) is 1.79. The van der Waals surface area contributed by atoms with Gasteiger partial charge < -0.3 is 15.4 Å². The molecule has 23 heavy (non-hydrogen) atoms. The number of nitrogens with one attached hydrogen (secondary N) is 2. The third-order valence-electron chi connectivity index (χ3n) is 4.34. The molecule has 0 saturated heterocycles. The van der Waals surface area contributed by atoms with Crippen LogP contribution in [0.3, 0.4) is 0 Å². The summed E-state index contributed by atoms with van der Waals surface area (Å²) in [6.45, 7) is 5.16. The molecule has 2 amide bonds. The van der Waals surface area contributed by atoms with Crippen molar-refractivity contribution in [1.82, 2.24) is 25.4 Å². The molecule has 2 heterocycles. The Labute approximate surface area is 137 Å². The average molecular weight is 321 g/mol. The fraction of sp³-hybridized carbons (Fsp3) is 0.812. The van der Waals surface area contributed by atoms with Crippen molar-refractivity contribution in [2.75, 3.05) is 19.8 Å². The lowest BCUT2D eigenvalue weighted by molar-refractivity contribution is 0.122. The van der Waals surface area contributed by atoms with Crippen LogP contribution in [0.4, 0.5) is 4.79 Å². The summed E-state index contributed by atoms with van der Waals surface area (Å²) < 4.78 is 7.49. The Bertz CT molecular complexity index is 527. The number of amides is 2. The topological polar surface area (TPSA) is 81.1 Å². The molecule has 1 aliphatic carbocycles. The molecule has 0 aromatic carbocycles. The third kappa shape index (κ3) is 4.67. The van der Waals surface area contributed by atoms with Gasteiger partial charge in [0.25, 0.3) is 0 Å². The van der Waals surface area contributed by atoms with Gasteiger partial charge >= 0.3 is 6.03 Å². The molecule has 1 atom stereocenters. The van der Waals surface area contributed by atoms with Gasteiger partial charge in [-0.1, -0.05) is 6.92 Å². The van der Waals surface area contributed by atoms with Crippen LogP contribution in [-0.4, -0.2) is 40.6 Å². The molecule has 2 aliphatic rings. The van der Waals surface area contributed by atoms with Gasteiger partial charge in [-0.3, -0.25) is 0 Å². The van der Waals surface area contributed by atoms with Crippen molar-refractivity contribution < 1.29 is 9.53 Å². The molecule has 128 valence electrons. The van der Waals surface area contributed by atoms with E-state index in [9.17, 15) is 4.79 Å². The highest BCUT2D eigenvalue weighted by molar-refractivity contribution is 5.74. The monoisotopic (exact) mass is 321 g/mol. The largest absolute Gasteiger partial charge is 0.381 e. The number of hydrogen-bond acceptors (Lipinski definition) is 4. The van der Waals surface area contributed by atoms with E-state index in [2.05, 4.69) is 20.7 Å². The highest BCUT2D eigenvalue weighted by atomic mass is 16.5. The number of hydrogen-bond donors (Lipinski definition) is 2. The summed E-state index contributed by atoms with van der Waals surface area (Å²) in [5, 5.41) is 10.4. The summed E-state index contributed by atoms with van der Waals surface area (Å²) in [5.41, 5.74) is 0. The molecule has 1 unspecified atom stereocenters. The van der Waals surface area contributed by atoms with Gasteiger partial charge in [0, 0.05) is 32.7 Å². The summed E-state index contributed by atoms with van der Waals surface area (Å²) >= 11 is 0. The molecule has 1 aromatic rings. The van der Waals surface area contributed by atoms with E-state index in [1.54, 1.807) is 0 Å². The van der Waals surface area contributed by atoms with E-state index in [-0.39, 0.29) is 12.1 Å². The first-order valence-corrected chi connectivity index (χ1v) is 8.82. The normalized spacial score (nSPS) is 20.1. The Morgan fingerprint density at radius 2 is 2.26 bits per heavy atom. The standard InChI is InChI=1S/C16H27N5O2/c1-2-14-19-15-13(5-3-9-21(15)20-14)18-16(22)17-8-4-10-23-11-12-6-7-12/h12-13H,2-11H2,1H3,(H2,17,18,22). The van der Waals surface area contributed by atoms with Gasteiger partial charge in [-0.2, -0.15) is 5.10 Å². The van der Waals surface area contributed by atoms with E-state index in [0.29, 0.717) is 13.2 Å². The summed E-state index contributed by atoms with van der Waals surface area (Å²) in [5.74, 6) is 2.53. The second-order valence-corrected chi connectivity index (χ2v) is 6.43. The predicted molar refractivity (Wildman–Crippen MR) is 86.1 cm³/mol. The number of urea groups is 1. The summed E-state index contributed by atoms with van der Waals surface area (Å²) in [6.07, 6.45) is 6.22. The second kappa shape index (κ2) is 7.77. The lowest BCUT2D eigenvalue weighted by Crippen LogP contribution is -2.40. The fourth-order valence-corrected chi connectivity index (χ4v) is 2.81. The first kappa shape index (κ1) is 16.2. The van der Waals surface area contributed by atoms with Gasteiger partial charge in [0.15, 0.2) is 5.82 Å². The highest BCUT2D eigenvalue weighted by Gasteiger charge is 2.25. The number of aromatic nitrogens is 3. The van der Waals surface area contributed by atoms with Crippen LogP contribution in [0.25, 0.3) is 0 Å². The van der Waals surface area contributed by atoms with Gasteiger partial charge in [0.05, 0.1) is 6.04 Å². The molecule has 0 bridgehead atoms. The summed E-state index contributed by atoms with van der Waals surface area (Å²) in [4.78, 5) is 16.6. The minimum Gasteiger partial charge on any atom is -0.381 e. The van der Waals surface area contributed by atoms with Crippen LogP contribution in [0.2, 0.25) is 0 Å². The smallest absolute Gasteiger partial charge is 0.315 e. The molecule has 3 rings (SSSR count). The van der Waals surface area contributed by atoms with Crippen LogP contribution in [0, 0.1) is 5.92 Å². The molecular weight excluding hydrogens is 294 g/mol. The first-order valence-electron chi connectivity index (χ1n) is 8.82. The number of carbonyl (C=O) groups is 1. The van der Waals surface area contributed by atoms with E-state index in [1.807, 2.05) is 11.6 Å². The number of nitrogens with zero attached hydrogens (tertiary/aromatic N) is 3. The van der Waals surface area contributed by atoms with Crippen LogP contribution >= 0.6 is 0 Å². The zero-order valence-electron chi connectivity index (χ0n) is 13.9. The molecule has 1 fully saturated rings. The van der Waals surface area contributed by atoms with Crippen molar-refractivity contribution in [3.8, 4) is 0 Å². The van der Waals surface area contributed by atoms with E-state index in [4.69, 9.17) is 4.74 Å². The Hall–Kier alpha value is -1.63. The molecule has 1 aromatic heterocycles. The molecular formula is C16H27N5O2. The van der Waals surface area contributed by atoms with Crippen molar-refractivity contribution >= 4 is 6.03 Å². The Morgan fingerprint density at radius 1 is 1.39 bits per heavy atom. The van der Waals surface area contributed by atoms with Crippen molar-refractivity contribution in [2.24, 2.45) is 5.92 Å². The minimum absolute atomic E-state index is 0.0392. The molecule has 7 heteroatoms. The number of aryl methyl sites for hydroxylation is 2. The van der Waals surface area contributed by atoms with Crippen LogP contribution in [0.5, 0.6) is 0 Å². The fourth-order valence-electron chi connectivity index (χ4n) is 2.81.